The van der Waals surface area contributed by atoms with Gasteiger partial charge in [-0.15, -0.1) is 24.0 Å². The van der Waals surface area contributed by atoms with Crippen LogP contribution in [0.4, 0.5) is 0 Å². The average Bonchev–Trinajstić information content (AvgIpc) is 2.96. The maximum absolute atomic E-state index is 5.67. The molecule has 7 nitrogen and oxygen atoms in total. The van der Waals surface area contributed by atoms with E-state index in [1.165, 1.54) is 5.56 Å². The second-order valence-corrected chi connectivity index (χ2v) is 5.01. The lowest BCUT2D eigenvalue weighted by Crippen LogP contribution is -2.39. The van der Waals surface area contributed by atoms with E-state index in [4.69, 9.17) is 9.26 Å². The lowest BCUT2D eigenvalue weighted by molar-refractivity contribution is 0.322. The summed E-state index contributed by atoms with van der Waals surface area (Å²) < 4.78 is 10.6. The fraction of sp³-hybridized carbons (Fsp3) is 0.438. The van der Waals surface area contributed by atoms with Crippen LogP contribution in [0.2, 0.25) is 0 Å². The molecule has 0 saturated heterocycles. The van der Waals surface area contributed by atoms with Gasteiger partial charge in [-0.3, -0.25) is 0 Å². The van der Waals surface area contributed by atoms with Crippen LogP contribution >= 0.6 is 24.0 Å². The van der Waals surface area contributed by atoms with Crippen molar-refractivity contribution in [3.8, 4) is 5.75 Å². The van der Waals surface area contributed by atoms with Crippen molar-refractivity contribution in [2.45, 2.75) is 27.3 Å². The summed E-state index contributed by atoms with van der Waals surface area (Å²) in [6.45, 7) is 8.15. The van der Waals surface area contributed by atoms with Crippen molar-refractivity contribution in [3.63, 3.8) is 0 Å². The third kappa shape index (κ3) is 7.16. The molecule has 24 heavy (non-hydrogen) atoms. The van der Waals surface area contributed by atoms with Crippen molar-refractivity contribution in [1.29, 1.82) is 0 Å². The summed E-state index contributed by atoms with van der Waals surface area (Å²) in [6, 6.07) is 7.99. The van der Waals surface area contributed by atoms with Gasteiger partial charge in [-0.25, -0.2) is 4.99 Å². The summed E-state index contributed by atoms with van der Waals surface area (Å²) in [5, 5.41) is 10.2. The number of halogens is 1. The van der Waals surface area contributed by atoms with Gasteiger partial charge in [0.05, 0.1) is 6.54 Å². The first kappa shape index (κ1) is 20.2. The number of aromatic nitrogens is 2. The third-order valence-electron chi connectivity index (χ3n) is 2.98. The fourth-order valence-corrected chi connectivity index (χ4v) is 1.87. The van der Waals surface area contributed by atoms with Crippen LogP contribution in [0.3, 0.4) is 0 Å². The van der Waals surface area contributed by atoms with Crippen LogP contribution in [-0.2, 0) is 6.54 Å². The quantitative estimate of drug-likeness (QED) is 0.295. The van der Waals surface area contributed by atoms with E-state index in [1.54, 1.807) is 6.92 Å². The molecule has 8 heteroatoms. The summed E-state index contributed by atoms with van der Waals surface area (Å²) >= 11 is 0. The second-order valence-electron chi connectivity index (χ2n) is 5.01. The maximum Gasteiger partial charge on any atom is 0.223 e. The number of aryl methyl sites for hydroxylation is 2. The molecule has 0 radical (unpaired) electrons. The lowest BCUT2D eigenvalue weighted by atomic mass is 10.2. The van der Waals surface area contributed by atoms with Gasteiger partial charge in [0, 0.05) is 13.5 Å². The Balaban J connectivity index is 0.00000288. The highest BCUT2D eigenvalue weighted by atomic mass is 127. The topological polar surface area (TPSA) is 84.6 Å². The van der Waals surface area contributed by atoms with E-state index in [2.05, 4.69) is 32.7 Å². The van der Waals surface area contributed by atoms with Crippen LogP contribution in [0.15, 0.2) is 33.8 Å². The smallest absolute Gasteiger partial charge is 0.223 e. The maximum atomic E-state index is 5.67. The Labute approximate surface area is 159 Å². The van der Waals surface area contributed by atoms with E-state index in [1.807, 2.05) is 31.2 Å². The van der Waals surface area contributed by atoms with Crippen molar-refractivity contribution >= 4 is 29.9 Å². The number of guanidine groups is 1. The fourth-order valence-electron chi connectivity index (χ4n) is 1.87. The highest BCUT2D eigenvalue weighted by Crippen LogP contribution is 2.10. The Hall–Kier alpha value is -1.84. The van der Waals surface area contributed by atoms with Crippen LogP contribution in [-0.4, -0.2) is 35.8 Å². The summed E-state index contributed by atoms with van der Waals surface area (Å²) in [5.74, 6) is 2.67. The zero-order valence-corrected chi connectivity index (χ0v) is 16.5. The first-order valence-corrected chi connectivity index (χ1v) is 7.68. The van der Waals surface area contributed by atoms with E-state index >= 15 is 0 Å². The summed E-state index contributed by atoms with van der Waals surface area (Å²) in [7, 11) is 0. The van der Waals surface area contributed by atoms with Gasteiger partial charge < -0.3 is 19.9 Å². The van der Waals surface area contributed by atoms with Gasteiger partial charge in [-0.2, -0.15) is 4.98 Å². The molecular formula is C16H24IN5O2. The molecule has 1 aromatic carbocycles. The number of aliphatic imine (C=N–C) groups is 1. The molecule has 2 rings (SSSR count). The zero-order chi connectivity index (χ0) is 16.5. The first-order chi connectivity index (χ1) is 11.2. The molecule has 0 aliphatic heterocycles. The molecule has 0 saturated carbocycles. The van der Waals surface area contributed by atoms with Crippen LogP contribution in [0, 0.1) is 13.8 Å². The number of benzene rings is 1. The van der Waals surface area contributed by atoms with Crippen LogP contribution in [0.1, 0.15) is 24.2 Å². The Morgan fingerprint density at radius 3 is 2.58 bits per heavy atom. The molecule has 0 bridgehead atoms. The SMILES string of the molecule is CCNC(=NCc1noc(C)n1)NCCOc1ccc(C)cc1.I. The Morgan fingerprint density at radius 1 is 1.21 bits per heavy atom. The summed E-state index contributed by atoms with van der Waals surface area (Å²) in [4.78, 5) is 8.53. The molecule has 0 aliphatic carbocycles. The zero-order valence-electron chi connectivity index (χ0n) is 14.2. The Bertz CT molecular complexity index is 628. The van der Waals surface area contributed by atoms with Crippen molar-refractivity contribution in [1.82, 2.24) is 20.8 Å². The molecule has 132 valence electrons. The van der Waals surface area contributed by atoms with Crippen LogP contribution in [0.25, 0.3) is 0 Å². The second kappa shape index (κ2) is 10.8. The molecule has 1 aromatic heterocycles. The van der Waals surface area contributed by atoms with Crippen LogP contribution < -0.4 is 15.4 Å². The standard InChI is InChI=1S/C16H23N5O2.HI/c1-4-17-16(19-11-15-20-13(3)23-21-15)18-9-10-22-14-7-5-12(2)6-8-14;/h5-8H,4,9-11H2,1-3H3,(H2,17,18,19);1H. The molecule has 0 unspecified atom stereocenters. The van der Waals surface area contributed by atoms with Gasteiger partial charge in [0.15, 0.2) is 11.8 Å². The van der Waals surface area contributed by atoms with Crippen molar-refractivity contribution in [3.05, 3.63) is 41.5 Å². The number of hydrogen-bond acceptors (Lipinski definition) is 5. The molecule has 0 aliphatic rings. The minimum atomic E-state index is 0. The molecule has 1 heterocycles. The van der Waals surface area contributed by atoms with Crippen molar-refractivity contribution in [2.24, 2.45) is 4.99 Å². The predicted octanol–water partition coefficient (Wildman–Crippen LogP) is 2.44. The van der Waals surface area contributed by atoms with Crippen molar-refractivity contribution in [2.75, 3.05) is 19.7 Å². The average molecular weight is 445 g/mol. The molecule has 0 amide bonds. The van der Waals surface area contributed by atoms with E-state index < -0.39 is 0 Å². The molecule has 0 spiro atoms. The third-order valence-corrected chi connectivity index (χ3v) is 2.98. The highest BCUT2D eigenvalue weighted by molar-refractivity contribution is 14.0. The minimum absolute atomic E-state index is 0. The Morgan fingerprint density at radius 2 is 1.96 bits per heavy atom. The molecule has 0 fully saturated rings. The largest absolute Gasteiger partial charge is 0.492 e. The predicted molar refractivity (Wildman–Crippen MR) is 104 cm³/mol. The lowest BCUT2D eigenvalue weighted by Gasteiger charge is -2.11. The van der Waals surface area contributed by atoms with Gasteiger partial charge in [-0.1, -0.05) is 22.9 Å². The highest BCUT2D eigenvalue weighted by Gasteiger charge is 2.02. The van der Waals surface area contributed by atoms with Gasteiger partial charge in [0.1, 0.15) is 18.9 Å². The number of hydrogen-bond donors (Lipinski definition) is 2. The molecule has 2 N–H and O–H groups in total. The molecule has 2 aromatic rings. The summed E-state index contributed by atoms with van der Waals surface area (Å²) in [6.07, 6.45) is 0. The van der Waals surface area contributed by atoms with Crippen molar-refractivity contribution < 1.29 is 9.26 Å². The normalized spacial score (nSPS) is 10.9. The van der Waals surface area contributed by atoms with E-state index in [9.17, 15) is 0 Å². The van der Waals surface area contributed by atoms with Gasteiger partial charge in [0.25, 0.3) is 0 Å². The summed E-state index contributed by atoms with van der Waals surface area (Å²) in [5.41, 5.74) is 1.22. The number of ether oxygens (including phenoxy) is 1. The van der Waals surface area contributed by atoms with Crippen LogP contribution in [0.5, 0.6) is 5.75 Å². The van der Waals surface area contributed by atoms with E-state index in [0.29, 0.717) is 37.4 Å². The first-order valence-electron chi connectivity index (χ1n) is 7.68. The molecule has 0 atom stereocenters. The van der Waals surface area contributed by atoms with Gasteiger partial charge >= 0.3 is 0 Å². The number of nitrogens with zero attached hydrogens (tertiary/aromatic N) is 3. The monoisotopic (exact) mass is 445 g/mol. The van der Waals surface area contributed by atoms with E-state index in [-0.39, 0.29) is 24.0 Å². The number of rotatable bonds is 7. The molecular weight excluding hydrogens is 421 g/mol. The number of nitrogens with one attached hydrogen (secondary N) is 2. The minimum Gasteiger partial charge on any atom is -0.492 e. The van der Waals surface area contributed by atoms with E-state index in [0.717, 1.165) is 12.3 Å². The van der Waals surface area contributed by atoms with Gasteiger partial charge in [-0.05, 0) is 26.0 Å². The Kier molecular flexibility index (Phi) is 9.13. The van der Waals surface area contributed by atoms with Gasteiger partial charge in [0.2, 0.25) is 5.89 Å².